The second kappa shape index (κ2) is 5.86. The highest BCUT2D eigenvalue weighted by molar-refractivity contribution is 9.10. The van der Waals surface area contributed by atoms with Gasteiger partial charge in [-0.25, -0.2) is 0 Å². The van der Waals surface area contributed by atoms with E-state index in [9.17, 15) is 0 Å². The first kappa shape index (κ1) is 13.0. The van der Waals surface area contributed by atoms with Crippen molar-refractivity contribution < 1.29 is 4.52 Å². The molecule has 0 fully saturated rings. The van der Waals surface area contributed by atoms with E-state index in [-0.39, 0.29) is 0 Å². The fourth-order valence-electron chi connectivity index (χ4n) is 1.44. The molecule has 0 aliphatic heterocycles. The number of benzene rings is 1. The monoisotopic (exact) mass is 288 g/mol. The van der Waals surface area contributed by atoms with Crippen LogP contribution in [-0.4, -0.2) is 11.3 Å². The maximum atomic E-state index is 6.09. The van der Waals surface area contributed by atoms with E-state index in [2.05, 4.69) is 43.6 Å². The maximum absolute atomic E-state index is 6.09. The van der Waals surface area contributed by atoms with Gasteiger partial charge in [-0.1, -0.05) is 39.8 Å². The minimum absolute atomic E-state index is 0.401. The highest BCUT2D eigenvalue weighted by atomic mass is 79.9. The third-order valence-electron chi connectivity index (χ3n) is 2.06. The van der Waals surface area contributed by atoms with Gasteiger partial charge in [0.2, 0.25) is 0 Å². The Kier molecular flexibility index (Phi) is 5.08. The van der Waals surface area contributed by atoms with Crippen molar-refractivity contribution in [3.63, 3.8) is 0 Å². The van der Waals surface area contributed by atoms with Crippen molar-refractivity contribution in [2.75, 3.05) is 0 Å². The molecule has 0 N–H and O–H groups in total. The van der Waals surface area contributed by atoms with Gasteiger partial charge in [0.05, 0.1) is 12.6 Å². The molecule has 0 amide bonds. The van der Waals surface area contributed by atoms with Crippen molar-refractivity contribution >= 4 is 24.1 Å². The fourth-order valence-corrected chi connectivity index (χ4v) is 3.93. The van der Waals surface area contributed by atoms with Crippen LogP contribution in [0.2, 0.25) is 0 Å². The van der Waals surface area contributed by atoms with Crippen LogP contribution in [0, 0.1) is 0 Å². The average Bonchev–Trinajstić information content (AvgIpc) is 2.15. The SMILES string of the molecule is CC(C)P(Oc1ccccc1Br)C(C)C. The van der Waals surface area contributed by atoms with E-state index in [1.165, 1.54) is 0 Å². The molecule has 1 rings (SSSR count). The zero-order valence-corrected chi connectivity index (χ0v) is 12.2. The van der Waals surface area contributed by atoms with Crippen LogP contribution in [0.15, 0.2) is 28.7 Å². The van der Waals surface area contributed by atoms with Gasteiger partial charge < -0.3 is 4.52 Å². The second-order valence-corrected chi connectivity index (χ2v) is 7.89. The van der Waals surface area contributed by atoms with Gasteiger partial charge in [0, 0.05) is 11.3 Å². The summed E-state index contributed by atoms with van der Waals surface area (Å²) in [7, 11) is -0.401. The minimum Gasteiger partial charge on any atom is -0.472 e. The quantitative estimate of drug-likeness (QED) is 0.705. The lowest BCUT2D eigenvalue weighted by atomic mass is 10.3. The van der Waals surface area contributed by atoms with Crippen molar-refractivity contribution in [2.45, 2.75) is 39.0 Å². The molecule has 0 aromatic heterocycles. The molecule has 0 atom stereocenters. The lowest BCUT2D eigenvalue weighted by Crippen LogP contribution is -2.08. The highest BCUT2D eigenvalue weighted by Gasteiger charge is 2.20. The number of hydrogen-bond acceptors (Lipinski definition) is 1. The van der Waals surface area contributed by atoms with Crippen LogP contribution in [0.3, 0.4) is 0 Å². The molecule has 0 saturated carbocycles. The average molecular weight is 289 g/mol. The molecule has 15 heavy (non-hydrogen) atoms. The molecule has 0 aliphatic rings. The van der Waals surface area contributed by atoms with Crippen molar-refractivity contribution in [2.24, 2.45) is 0 Å². The predicted molar refractivity (Wildman–Crippen MR) is 72.0 cm³/mol. The summed E-state index contributed by atoms with van der Waals surface area (Å²) in [6, 6.07) is 8.05. The van der Waals surface area contributed by atoms with Crippen LogP contribution in [0.5, 0.6) is 5.75 Å². The molecule has 0 saturated heterocycles. The molecule has 0 radical (unpaired) electrons. The van der Waals surface area contributed by atoms with Crippen LogP contribution >= 0.6 is 24.1 Å². The normalized spacial score (nSPS) is 11.5. The van der Waals surface area contributed by atoms with E-state index in [0.717, 1.165) is 10.2 Å². The smallest absolute Gasteiger partial charge is 0.137 e. The van der Waals surface area contributed by atoms with Crippen LogP contribution in [0.4, 0.5) is 0 Å². The first-order valence-corrected chi connectivity index (χ1v) is 7.42. The summed E-state index contributed by atoms with van der Waals surface area (Å²) >= 11 is 3.51. The maximum Gasteiger partial charge on any atom is 0.137 e. The summed E-state index contributed by atoms with van der Waals surface area (Å²) in [4.78, 5) is 0. The number of para-hydroxylation sites is 1. The summed E-state index contributed by atoms with van der Waals surface area (Å²) in [5, 5.41) is 0. The molecule has 1 aromatic rings. The molecule has 0 spiro atoms. The summed E-state index contributed by atoms with van der Waals surface area (Å²) in [6.07, 6.45) is 0. The Morgan fingerprint density at radius 3 is 2.07 bits per heavy atom. The molecule has 1 aromatic carbocycles. The number of rotatable bonds is 4. The van der Waals surface area contributed by atoms with Gasteiger partial charge in [-0.3, -0.25) is 0 Å². The Morgan fingerprint density at radius 1 is 1.07 bits per heavy atom. The highest BCUT2D eigenvalue weighted by Crippen LogP contribution is 2.48. The van der Waals surface area contributed by atoms with Gasteiger partial charge in [0.25, 0.3) is 0 Å². The van der Waals surface area contributed by atoms with Gasteiger partial charge in [0.15, 0.2) is 0 Å². The van der Waals surface area contributed by atoms with Crippen LogP contribution < -0.4 is 4.52 Å². The summed E-state index contributed by atoms with van der Waals surface area (Å²) < 4.78 is 7.13. The molecular weight excluding hydrogens is 271 g/mol. The third-order valence-corrected chi connectivity index (χ3v) is 5.16. The predicted octanol–water partition coefficient (Wildman–Crippen LogP) is 5.04. The van der Waals surface area contributed by atoms with E-state index < -0.39 is 8.15 Å². The van der Waals surface area contributed by atoms with Gasteiger partial charge >= 0.3 is 0 Å². The van der Waals surface area contributed by atoms with Gasteiger partial charge in [-0.05, 0) is 28.1 Å². The van der Waals surface area contributed by atoms with Crippen molar-refractivity contribution in [1.29, 1.82) is 0 Å². The van der Waals surface area contributed by atoms with Gasteiger partial charge in [-0.15, -0.1) is 0 Å². The Hall–Kier alpha value is -0.0700. The third kappa shape index (κ3) is 3.77. The molecule has 0 aliphatic carbocycles. The molecule has 1 nitrogen and oxygen atoms in total. The topological polar surface area (TPSA) is 9.23 Å². The van der Waals surface area contributed by atoms with Crippen molar-refractivity contribution in [3.8, 4) is 5.75 Å². The molecule has 3 heteroatoms. The summed E-state index contributed by atoms with van der Waals surface area (Å²) in [5.41, 5.74) is 1.18. The molecule has 0 heterocycles. The Morgan fingerprint density at radius 2 is 1.60 bits per heavy atom. The zero-order chi connectivity index (χ0) is 11.4. The molecule has 0 bridgehead atoms. The summed E-state index contributed by atoms with van der Waals surface area (Å²) in [5.74, 6) is 0.964. The minimum atomic E-state index is -0.401. The van der Waals surface area contributed by atoms with E-state index >= 15 is 0 Å². The lowest BCUT2D eigenvalue weighted by molar-refractivity contribution is 0.589. The van der Waals surface area contributed by atoms with Gasteiger partial charge in [0.1, 0.15) is 5.75 Å². The fraction of sp³-hybridized carbons (Fsp3) is 0.500. The first-order chi connectivity index (χ1) is 7.02. The zero-order valence-electron chi connectivity index (χ0n) is 9.70. The first-order valence-electron chi connectivity index (χ1n) is 5.23. The summed E-state index contributed by atoms with van der Waals surface area (Å²) in [6.45, 7) is 8.90. The van der Waals surface area contributed by atoms with Crippen LogP contribution in [0.1, 0.15) is 27.7 Å². The van der Waals surface area contributed by atoms with Crippen molar-refractivity contribution in [1.82, 2.24) is 0 Å². The van der Waals surface area contributed by atoms with E-state index in [4.69, 9.17) is 4.52 Å². The van der Waals surface area contributed by atoms with E-state index in [1.807, 2.05) is 24.3 Å². The number of hydrogen-bond donors (Lipinski definition) is 0. The van der Waals surface area contributed by atoms with E-state index in [0.29, 0.717) is 11.3 Å². The van der Waals surface area contributed by atoms with Gasteiger partial charge in [-0.2, -0.15) is 0 Å². The Labute approximate surface area is 102 Å². The lowest BCUT2D eigenvalue weighted by Gasteiger charge is -2.25. The Bertz CT molecular complexity index is 304. The number of halogens is 1. The van der Waals surface area contributed by atoms with Crippen LogP contribution in [-0.2, 0) is 0 Å². The molecule has 84 valence electrons. The largest absolute Gasteiger partial charge is 0.472 e. The van der Waals surface area contributed by atoms with Crippen molar-refractivity contribution in [3.05, 3.63) is 28.7 Å². The Balaban J connectivity index is 2.79. The second-order valence-electron chi connectivity index (χ2n) is 4.07. The molecular formula is C12H18BrOP. The van der Waals surface area contributed by atoms with Crippen LogP contribution in [0.25, 0.3) is 0 Å². The molecule has 0 unspecified atom stereocenters. The standard InChI is InChI=1S/C12H18BrOP/c1-9(2)15(10(3)4)14-12-8-6-5-7-11(12)13/h5-10H,1-4H3. The van der Waals surface area contributed by atoms with E-state index in [1.54, 1.807) is 0 Å².